The van der Waals surface area contributed by atoms with E-state index >= 15 is 0 Å². The summed E-state index contributed by atoms with van der Waals surface area (Å²) in [6.07, 6.45) is 4.04. The van der Waals surface area contributed by atoms with E-state index in [2.05, 4.69) is 43.0 Å². The van der Waals surface area contributed by atoms with Crippen molar-refractivity contribution in [3.05, 3.63) is 41.1 Å². The van der Waals surface area contributed by atoms with Gasteiger partial charge >= 0.3 is 5.97 Å². The molecule has 0 amide bonds. The Morgan fingerprint density at radius 3 is 2.53 bits per heavy atom. The second-order valence-corrected chi connectivity index (χ2v) is 8.87. The van der Waals surface area contributed by atoms with Crippen LogP contribution in [0.5, 0.6) is 0 Å². The van der Waals surface area contributed by atoms with Crippen molar-refractivity contribution in [3.63, 3.8) is 0 Å². The molecule has 0 N–H and O–H groups in total. The fourth-order valence-electron chi connectivity index (χ4n) is 5.25. The first kappa shape index (κ1) is 22.7. The molecule has 2 heterocycles. The monoisotopic (exact) mass is 438 g/mol. The van der Waals surface area contributed by atoms with Crippen molar-refractivity contribution in [1.29, 1.82) is 0 Å². The lowest BCUT2D eigenvalue weighted by Gasteiger charge is -2.36. The highest BCUT2D eigenvalue weighted by Gasteiger charge is 2.43. The first-order valence-electron chi connectivity index (χ1n) is 12.0. The number of ether oxygens (including phenoxy) is 2. The van der Waals surface area contributed by atoms with Gasteiger partial charge in [0.25, 0.3) is 0 Å². The van der Waals surface area contributed by atoms with Crippen LogP contribution in [0.1, 0.15) is 64.4 Å². The number of hydrogen-bond acceptors (Lipinski definition) is 6. The quantitative estimate of drug-likeness (QED) is 0.589. The molecule has 32 heavy (non-hydrogen) atoms. The lowest BCUT2D eigenvalue weighted by molar-refractivity contribution is -0.142. The Morgan fingerprint density at radius 1 is 1.12 bits per heavy atom. The minimum Gasteiger partial charge on any atom is -0.460 e. The Morgan fingerprint density at radius 2 is 1.88 bits per heavy atom. The zero-order valence-electron chi connectivity index (χ0n) is 19.4. The molecule has 1 saturated carbocycles. The van der Waals surface area contributed by atoms with Gasteiger partial charge in [-0.2, -0.15) is 0 Å². The van der Waals surface area contributed by atoms with Crippen molar-refractivity contribution in [3.8, 4) is 0 Å². The van der Waals surface area contributed by atoms with E-state index in [1.807, 2.05) is 6.92 Å². The van der Waals surface area contributed by atoms with Crippen LogP contribution in [0, 0.1) is 5.92 Å². The van der Waals surface area contributed by atoms with Gasteiger partial charge in [-0.1, -0.05) is 12.1 Å². The summed E-state index contributed by atoms with van der Waals surface area (Å²) in [7, 11) is 0. The normalized spacial score (nSPS) is 25.4. The van der Waals surface area contributed by atoms with Gasteiger partial charge in [-0.15, -0.1) is 0 Å². The minimum absolute atomic E-state index is 0.0365. The van der Waals surface area contributed by atoms with Gasteiger partial charge in [0, 0.05) is 49.1 Å². The van der Waals surface area contributed by atoms with E-state index in [4.69, 9.17) is 14.5 Å². The average Bonchev–Trinajstić information content (AvgIpc) is 3.32. The Hall–Kier alpha value is -2.47. The van der Waals surface area contributed by atoms with E-state index < -0.39 is 0 Å². The van der Waals surface area contributed by atoms with Crippen LogP contribution in [0.2, 0.25) is 0 Å². The molecule has 1 aromatic carbocycles. The minimum atomic E-state index is -0.378. The summed E-state index contributed by atoms with van der Waals surface area (Å²) >= 11 is 0. The highest BCUT2D eigenvalue weighted by Crippen LogP contribution is 2.43. The van der Waals surface area contributed by atoms with Gasteiger partial charge in [-0.3, -0.25) is 9.79 Å². The molecule has 2 aliphatic heterocycles. The van der Waals surface area contributed by atoms with Crippen LogP contribution in [0.3, 0.4) is 0 Å². The second kappa shape index (κ2) is 9.99. The summed E-state index contributed by atoms with van der Waals surface area (Å²) in [6, 6.07) is 8.30. The van der Waals surface area contributed by atoms with Gasteiger partial charge in [0.1, 0.15) is 12.4 Å². The Kier molecular flexibility index (Phi) is 7.09. The molecular weight excluding hydrogens is 404 g/mol. The van der Waals surface area contributed by atoms with Crippen molar-refractivity contribution in [1.82, 2.24) is 0 Å². The zero-order chi connectivity index (χ0) is 22.7. The number of Topliss-reactive ketones (excluding diaryl/α,β-unsaturated/α-hetero) is 1. The third-order valence-electron chi connectivity index (χ3n) is 6.93. The van der Waals surface area contributed by atoms with Crippen LogP contribution in [0.25, 0.3) is 0 Å². The molecule has 1 unspecified atom stereocenters. The van der Waals surface area contributed by atoms with Gasteiger partial charge in [0.15, 0.2) is 0 Å². The summed E-state index contributed by atoms with van der Waals surface area (Å²) in [5.74, 6) is -0.933. The van der Waals surface area contributed by atoms with Gasteiger partial charge in [-0.25, -0.2) is 4.79 Å². The number of esters is 1. The number of nitrogens with zero attached hydrogens (tertiary/aromatic N) is 2. The van der Waals surface area contributed by atoms with Crippen molar-refractivity contribution in [2.45, 2.75) is 64.9 Å². The molecule has 0 aromatic heterocycles. The van der Waals surface area contributed by atoms with E-state index in [-0.39, 0.29) is 36.3 Å². The molecule has 4 rings (SSSR count). The molecule has 2 fully saturated rings. The zero-order valence-corrected chi connectivity index (χ0v) is 19.4. The highest BCUT2D eigenvalue weighted by molar-refractivity contribution is 6.11. The molecule has 6 heteroatoms. The maximum atomic E-state index is 13.3. The molecule has 0 radical (unpaired) electrons. The molecule has 1 aliphatic carbocycles. The highest BCUT2D eigenvalue weighted by atomic mass is 16.6. The van der Waals surface area contributed by atoms with Crippen LogP contribution in [0.4, 0.5) is 5.69 Å². The van der Waals surface area contributed by atoms with Crippen molar-refractivity contribution >= 4 is 23.2 Å². The number of rotatable bonds is 7. The number of hydrogen-bond donors (Lipinski definition) is 0. The Bertz CT molecular complexity index is 908. The predicted molar refractivity (Wildman–Crippen MR) is 125 cm³/mol. The summed E-state index contributed by atoms with van der Waals surface area (Å²) in [4.78, 5) is 33.3. The van der Waals surface area contributed by atoms with Gasteiger partial charge < -0.3 is 14.4 Å². The predicted octanol–water partition coefficient (Wildman–Crippen LogP) is 4.44. The van der Waals surface area contributed by atoms with Gasteiger partial charge in [0.2, 0.25) is 0 Å². The van der Waals surface area contributed by atoms with E-state index in [1.54, 1.807) is 0 Å². The van der Waals surface area contributed by atoms with Crippen LogP contribution >= 0.6 is 0 Å². The van der Waals surface area contributed by atoms with Crippen molar-refractivity contribution < 1.29 is 19.1 Å². The van der Waals surface area contributed by atoms with Crippen molar-refractivity contribution in [2.75, 3.05) is 31.2 Å². The lowest BCUT2D eigenvalue weighted by Crippen LogP contribution is -2.39. The van der Waals surface area contributed by atoms with Gasteiger partial charge in [0.05, 0.1) is 17.6 Å². The van der Waals surface area contributed by atoms with Crippen LogP contribution in [-0.4, -0.2) is 49.9 Å². The van der Waals surface area contributed by atoms with Crippen LogP contribution < -0.4 is 4.90 Å². The molecule has 172 valence electrons. The van der Waals surface area contributed by atoms with Crippen molar-refractivity contribution in [2.24, 2.45) is 10.9 Å². The Balaban J connectivity index is 1.67. The number of anilines is 1. The number of carbonyl (C=O) groups is 2. The smallest absolute Gasteiger partial charge is 0.336 e. The molecule has 1 saturated heterocycles. The molecule has 0 spiro atoms. The molecule has 0 bridgehead atoms. The molecule has 3 atom stereocenters. The van der Waals surface area contributed by atoms with Gasteiger partial charge in [-0.05, 0) is 64.2 Å². The molecule has 1 aromatic rings. The van der Waals surface area contributed by atoms with Crippen LogP contribution in [0.15, 0.2) is 40.5 Å². The number of fused-ring (bicyclic) bond motifs is 1. The first-order chi connectivity index (χ1) is 15.5. The standard InChI is InChI=1S/C26H34N2O4/c1-4-28(5-2)19-13-11-18(12-14-19)24-23(26(30)32-16-20-8-7-15-31-20)17(3)27-21-9-6-10-22(29)25(21)24/h11-14,20,24-25H,4-10,15-16H2,1-3H3/t20-,24-,25?/m1/s1. The average molecular weight is 439 g/mol. The van der Waals surface area contributed by atoms with E-state index in [9.17, 15) is 9.59 Å². The first-order valence-corrected chi connectivity index (χ1v) is 12.0. The third kappa shape index (κ3) is 4.51. The summed E-state index contributed by atoms with van der Waals surface area (Å²) in [5, 5.41) is 0. The van der Waals surface area contributed by atoms with E-state index in [0.717, 1.165) is 62.3 Å². The lowest BCUT2D eigenvalue weighted by atomic mass is 9.69. The summed E-state index contributed by atoms with van der Waals surface area (Å²) in [6.45, 7) is 8.96. The largest absolute Gasteiger partial charge is 0.460 e. The van der Waals surface area contributed by atoms with E-state index in [1.165, 1.54) is 0 Å². The summed E-state index contributed by atoms with van der Waals surface area (Å²) in [5.41, 5.74) is 4.20. The molecule has 6 nitrogen and oxygen atoms in total. The fourth-order valence-corrected chi connectivity index (χ4v) is 5.25. The second-order valence-electron chi connectivity index (χ2n) is 8.87. The van der Waals surface area contributed by atoms with E-state index in [0.29, 0.717) is 17.7 Å². The maximum absolute atomic E-state index is 13.3. The molecular formula is C26H34N2O4. The number of carbonyl (C=O) groups excluding carboxylic acids is 2. The number of aliphatic imine (C=N–C) groups is 1. The fraction of sp³-hybridized carbons (Fsp3) is 0.577. The topological polar surface area (TPSA) is 68.2 Å². The number of benzene rings is 1. The maximum Gasteiger partial charge on any atom is 0.336 e. The number of allylic oxidation sites excluding steroid dienone is 1. The van der Waals surface area contributed by atoms with Crippen LogP contribution in [-0.2, 0) is 19.1 Å². The number of ketones is 1. The SMILES string of the molecule is CCN(CC)c1ccc([C@@H]2C(C(=O)OC[C@H]3CCCO3)=C(C)N=C3CCCC(=O)C32)cc1. The summed E-state index contributed by atoms with van der Waals surface area (Å²) < 4.78 is 11.3. The molecule has 3 aliphatic rings. The third-order valence-corrected chi connectivity index (χ3v) is 6.93. The Labute approximate surface area is 190 Å².